The fourth-order valence-corrected chi connectivity index (χ4v) is 2.48. The molecule has 1 aliphatic carbocycles. The minimum Gasteiger partial charge on any atom is -0.496 e. The zero-order valence-corrected chi connectivity index (χ0v) is 12.1. The third-order valence-corrected chi connectivity index (χ3v) is 3.71. The molecule has 2 heteroatoms. The predicted molar refractivity (Wildman–Crippen MR) is 74.3 cm³/mol. The number of rotatable bonds is 3. The lowest BCUT2D eigenvalue weighted by Gasteiger charge is -2.25. The summed E-state index contributed by atoms with van der Waals surface area (Å²) in [4.78, 5) is 0. The van der Waals surface area contributed by atoms with Gasteiger partial charge in [-0.25, -0.2) is 0 Å². The Morgan fingerprint density at radius 3 is 2.33 bits per heavy atom. The smallest absolute Gasteiger partial charge is 0.125 e. The molecule has 0 amide bonds. The van der Waals surface area contributed by atoms with Crippen molar-refractivity contribution in [2.45, 2.75) is 58.0 Å². The van der Waals surface area contributed by atoms with Crippen LogP contribution in [0.15, 0.2) is 12.1 Å². The van der Waals surface area contributed by atoms with Crippen LogP contribution in [0.2, 0.25) is 0 Å². The lowest BCUT2D eigenvalue weighted by molar-refractivity contribution is 0.151. The number of benzene rings is 1. The Hall–Kier alpha value is -1.02. The van der Waals surface area contributed by atoms with Crippen LogP contribution >= 0.6 is 0 Å². The largest absolute Gasteiger partial charge is 0.496 e. The molecule has 0 aromatic heterocycles. The SMILES string of the molecule is COc1c(C)cc(CC2(O)CC2)cc1C(C)(C)C. The van der Waals surface area contributed by atoms with Gasteiger partial charge in [0.25, 0.3) is 0 Å². The Kier molecular flexibility index (Phi) is 3.18. The van der Waals surface area contributed by atoms with E-state index in [9.17, 15) is 5.11 Å². The minimum absolute atomic E-state index is 0.0539. The third-order valence-electron chi connectivity index (χ3n) is 3.71. The van der Waals surface area contributed by atoms with Crippen molar-refractivity contribution in [1.29, 1.82) is 0 Å². The van der Waals surface area contributed by atoms with E-state index in [-0.39, 0.29) is 5.41 Å². The van der Waals surface area contributed by atoms with E-state index in [0.717, 1.165) is 30.6 Å². The third kappa shape index (κ3) is 2.69. The average molecular weight is 248 g/mol. The summed E-state index contributed by atoms with van der Waals surface area (Å²) < 4.78 is 5.54. The second kappa shape index (κ2) is 4.27. The fourth-order valence-electron chi connectivity index (χ4n) is 2.48. The van der Waals surface area contributed by atoms with Gasteiger partial charge in [0.1, 0.15) is 5.75 Å². The molecule has 1 aromatic rings. The van der Waals surface area contributed by atoms with Crippen molar-refractivity contribution in [2.75, 3.05) is 7.11 Å². The van der Waals surface area contributed by atoms with Crippen LogP contribution in [0.1, 0.15) is 50.3 Å². The monoisotopic (exact) mass is 248 g/mol. The Morgan fingerprint density at radius 2 is 1.89 bits per heavy atom. The molecule has 1 aromatic carbocycles. The Morgan fingerprint density at radius 1 is 1.28 bits per heavy atom. The molecule has 1 saturated carbocycles. The topological polar surface area (TPSA) is 29.5 Å². The molecule has 0 bridgehead atoms. The molecule has 0 aliphatic heterocycles. The number of aliphatic hydroxyl groups is 1. The molecule has 0 saturated heterocycles. The van der Waals surface area contributed by atoms with Gasteiger partial charge in [-0.3, -0.25) is 0 Å². The first-order chi connectivity index (χ1) is 8.25. The highest BCUT2D eigenvalue weighted by Crippen LogP contribution is 2.41. The van der Waals surface area contributed by atoms with Crippen molar-refractivity contribution in [3.63, 3.8) is 0 Å². The number of ether oxygens (including phenoxy) is 1. The van der Waals surface area contributed by atoms with Crippen LogP contribution in [0.3, 0.4) is 0 Å². The normalized spacial score (nSPS) is 17.7. The molecular weight excluding hydrogens is 224 g/mol. The number of hydrogen-bond donors (Lipinski definition) is 1. The molecule has 0 unspecified atom stereocenters. The summed E-state index contributed by atoms with van der Waals surface area (Å²) in [7, 11) is 1.73. The van der Waals surface area contributed by atoms with Gasteiger partial charge in [-0.2, -0.15) is 0 Å². The Balaban J connectivity index is 2.42. The summed E-state index contributed by atoms with van der Waals surface area (Å²) in [6, 6.07) is 4.34. The molecule has 1 aliphatic rings. The number of methoxy groups -OCH3 is 1. The summed E-state index contributed by atoms with van der Waals surface area (Å²) in [6.07, 6.45) is 2.63. The first-order valence-corrected chi connectivity index (χ1v) is 6.65. The van der Waals surface area contributed by atoms with Gasteiger partial charge in [0.2, 0.25) is 0 Å². The predicted octanol–water partition coefficient (Wildman–Crippen LogP) is 3.37. The van der Waals surface area contributed by atoms with E-state index in [0.29, 0.717) is 0 Å². The summed E-state index contributed by atoms with van der Waals surface area (Å²) in [5.74, 6) is 0.981. The van der Waals surface area contributed by atoms with E-state index in [1.807, 2.05) is 0 Å². The first-order valence-electron chi connectivity index (χ1n) is 6.65. The first kappa shape index (κ1) is 13.4. The van der Waals surface area contributed by atoms with E-state index >= 15 is 0 Å². The quantitative estimate of drug-likeness (QED) is 0.888. The van der Waals surface area contributed by atoms with Gasteiger partial charge in [-0.15, -0.1) is 0 Å². The van der Waals surface area contributed by atoms with Gasteiger partial charge in [0, 0.05) is 12.0 Å². The van der Waals surface area contributed by atoms with Crippen molar-refractivity contribution in [3.05, 3.63) is 28.8 Å². The highest BCUT2D eigenvalue weighted by atomic mass is 16.5. The van der Waals surface area contributed by atoms with Crippen molar-refractivity contribution < 1.29 is 9.84 Å². The van der Waals surface area contributed by atoms with Crippen molar-refractivity contribution in [3.8, 4) is 5.75 Å². The summed E-state index contributed by atoms with van der Waals surface area (Å²) in [5.41, 5.74) is 3.22. The molecule has 2 rings (SSSR count). The lowest BCUT2D eigenvalue weighted by atomic mass is 9.83. The van der Waals surface area contributed by atoms with E-state index in [4.69, 9.17) is 4.74 Å². The highest BCUT2D eigenvalue weighted by molar-refractivity contribution is 5.47. The van der Waals surface area contributed by atoms with Crippen LogP contribution in [-0.2, 0) is 11.8 Å². The van der Waals surface area contributed by atoms with Crippen LogP contribution in [0.5, 0.6) is 5.75 Å². The second-order valence-electron chi connectivity index (χ2n) is 6.64. The highest BCUT2D eigenvalue weighted by Gasteiger charge is 2.40. The molecule has 1 N–H and O–H groups in total. The van der Waals surface area contributed by atoms with E-state index in [1.165, 1.54) is 11.1 Å². The van der Waals surface area contributed by atoms with Crippen LogP contribution in [0.25, 0.3) is 0 Å². The average Bonchev–Trinajstić information content (AvgIpc) is 2.94. The Bertz CT molecular complexity index is 451. The standard InChI is InChI=1S/C16H24O2/c1-11-8-12(10-16(17)6-7-16)9-13(14(11)18-5)15(2,3)4/h8-9,17H,6-7,10H2,1-5H3. The fraction of sp³-hybridized carbons (Fsp3) is 0.625. The van der Waals surface area contributed by atoms with E-state index in [1.54, 1.807) is 7.11 Å². The Labute approximate surface area is 110 Å². The molecule has 18 heavy (non-hydrogen) atoms. The number of hydrogen-bond acceptors (Lipinski definition) is 2. The van der Waals surface area contributed by atoms with Crippen molar-refractivity contribution >= 4 is 0 Å². The van der Waals surface area contributed by atoms with Gasteiger partial charge in [-0.05, 0) is 36.3 Å². The summed E-state index contributed by atoms with van der Waals surface area (Å²) in [6.45, 7) is 8.66. The van der Waals surface area contributed by atoms with Crippen LogP contribution in [-0.4, -0.2) is 17.8 Å². The van der Waals surface area contributed by atoms with Gasteiger partial charge >= 0.3 is 0 Å². The maximum absolute atomic E-state index is 10.1. The van der Waals surface area contributed by atoms with E-state index < -0.39 is 5.60 Å². The van der Waals surface area contributed by atoms with Crippen molar-refractivity contribution in [1.82, 2.24) is 0 Å². The van der Waals surface area contributed by atoms with Gasteiger partial charge in [0.15, 0.2) is 0 Å². The molecule has 1 fully saturated rings. The van der Waals surface area contributed by atoms with E-state index in [2.05, 4.69) is 39.8 Å². The number of aryl methyl sites for hydroxylation is 1. The molecule has 0 atom stereocenters. The van der Waals surface area contributed by atoms with Crippen LogP contribution in [0.4, 0.5) is 0 Å². The van der Waals surface area contributed by atoms with Crippen LogP contribution < -0.4 is 4.74 Å². The van der Waals surface area contributed by atoms with Gasteiger partial charge in [-0.1, -0.05) is 32.9 Å². The zero-order valence-electron chi connectivity index (χ0n) is 12.1. The van der Waals surface area contributed by atoms with Crippen molar-refractivity contribution in [2.24, 2.45) is 0 Å². The molecule has 0 spiro atoms. The maximum atomic E-state index is 10.1. The zero-order chi connectivity index (χ0) is 13.6. The van der Waals surface area contributed by atoms with Gasteiger partial charge in [0.05, 0.1) is 12.7 Å². The molecular formula is C16H24O2. The molecule has 100 valence electrons. The second-order valence-corrected chi connectivity index (χ2v) is 6.64. The van der Waals surface area contributed by atoms with Crippen LogP contribution in [0, 0.1) is 6.92 Å². The molecule has 0 radical (unpaired) electrons. The summed E-state index contributed by atoms with van der Waals surface area (Å²) in [5, 5.41) is 10.1. The minimum atomic E-state index is -0.434. The van der Waals surface area contributed by atoms with Gasteiger partial charge < -0.3 is 9.84 Å². The molecule has 0 heterocycles. The maximum Gasteiger partial charge on any atom is 0.125 e. The lowest BCUT2D eigenvalue weighted by Crippen LogP contribution is -2.16. The molecule has 2 nitrogen and oxygen atoms in total. The summed E-state index contributed by atoms with van der Waals surface area (Å²) >= 11 is 0.